The van der Waals surface area contributed by atoms with Crippen molar-refractivity contribution in [2.75, 3.05) is 6.61 Å². The molecule has 0 radical (unpaired) electrons. The minimum Gasteiger partial charge on any atom is -0.465 e. The minimum absolute atomic E-state index is 0.100. The van der Waals surface area contributed by atoms with E-state index in [0.717, 1.165) is 11.6 Å². The van der Waals surface area contributed by atoms with Gasteiger partial charge in [0, 0.05) is 12.5 Å². The third-order valence-electron chi connectivity index (χ3n) is 3.40. The number of benzene rings is 2. The topological polar surface area (TPSA) is 86.5 Å². The van der Waals surface area contributed by atoms with E-state index in [9.17, 15) is 19.7 Å². The summed E-state index contributed by atoms with van der Waals surface area (Å²) in [4.78, 5) is 33.8. The Labute approximate surface area is 144 Å². The molecule has 0 amide bonds. The van der Waals surface area contributed by atoms with Crippen LogP contribution in [0.3, 0.4) is 0 Å². The van der Waals surface area contributed by atoms with Crippen molar-refractivity contribution in [2.45, 2.75) is 12.8 Å². The van der Waals surface area contributed by atoms with Crippen LogP contribution in [-0.2, 0) is 20.7 Å². The number of hydrogen-bond acceptors (Lipinski definition) is 5. The zero-order valence-corrected chi connectivity index (χ0v) is 13.5. The molecule has 6 nitrogen and oxygen atoms in total. The monoisotopic (exact) mass is 339 g/mol. The average molecular weight is 339 g/mol. The van der Waals surface area contributed by atoms with E-state index in [1.54, 1.807) is 12.1 Å². The Balaban J connectivity index is 1.81. The molecule has 2 aromatic rings. The van der Waals surface area contributed by atoms with Gasteiger partial charge in [-0.3, -0.25) is 19.7 Å². The van der Waals surface area contributed by atoms with E-state index >= 15 is 0 Å². The number of ether oxygens (including phenoxy) is 1. The number of esters is 1. The van der Waals surface area contributed by atoms with Crippen molar-refractivity contribution in [3.05, 3.63) is 81.9 Å². The highest BCUT2D eigenvalue weighted by molar-refractivity contribution is 6.04. The van der Waals surface area contributed by atoms with Crippen LogP contribution >= 0.6 is 0 Å². The van der Waals surface area contributed by atoms with Crippen molar-refractivity contribution in [2.24, 2.45) is 0 Å². The number of nitrogens with zero attached hydrogens (tertiary/aromatic N) is 1. The van der Waals surface area contributed by atoms with E-state index in [2.05, 4.69) is 0 Å². The molecule has 0 spiro atoms. The molecule has 2 rings (SSSR count). The Kier molecular flexibility index (Phi) is 6.59. The number of nitro groups is 1. The molecule has 0 atom stereocenters. The highest BCUT2D eigenvalue weighted by Crippen LogP contribution is 2.19. The number of carbonyl (C=O) groups is 2. The predicted octanol–water partition coefficient (Wildman–Crippen LogP) is 3.35. The largest absolute Gasteiger partial charge is 0.465 e. The normalized spacial score (nSPS) is 10.6. The second-order valence-electron chi connectivity index (χ2n) is 5.25. The third kappa shape index (κ3) is 6.02. The van der Waals surface area contributed by atoms with Crippen molar-refractivity contribution in [1.29, 1.82) is 0 Å². The van der Waals surface area contributed by atoms with Gasteiger partial charge in [0.1, 0.15) is 6.42 Å². The molecule has 0 unspecified atom stereocenters. The summed E-state index contributed by atoms with van der Waals surface area (Å²) in [6.45, 7) is 0.198. The van der Waals surface area contributed by atoms with Gasteiger partial charge < -0.3 is 4.74 Å². The number of carbonyl (C=O) groups excluding carboxylic acids is 2. The molecule has 128 valence electrons. The van der Waals surface area contributed by atoms with Gasteiger partial charge in [0.15, 0.2) is 5.78 Å². The molecule has 0 saturated heterocycles. The molecule has 0 heterocycles. The van der Waals surface area contributed by atoms with E-state index in [4.69, 9.17) is 4.74 Å². The Bertz CT molecular complexity index is 783. The zero-order chi connectivity index (χ0) is 18.1. The van der Waals surface area contributed by atoms with Gasteiger partial charge >= 0.3 is 5.97 Å². The van der Waals surface area contributed by atoms with Crippen LogP contribution in [0.2, 0.25) is 0 Å². The van der Waals surface area contributed by atoms with Gasteiger partial charge in [0.05, 0.1) is 17.1 Å². The molecule has 0 aromatic heterocycles. The lowest BCUT2D eigenvalue weighted by Gasteiger charge is -2.03. The summed E-state index contributed by atoms with van der Waals surface area (Å²) in [5, 5.41) is 10.9. The highest BCUT2D eigenvalue weighted by atomic mass is 16.6. The molecule has 0 aliphatic carbocycles. The summed E-state index contributed by atoms with van der Waals surface area (Å²) in [7, 11) is 0. The molecule has 0 N–H and O–H groups in total. The minimum atomic E-state index is -0.617. The number of rotatable bonds is 8. The van der Waals surface area contributed by atoms with E-state index < -0.39 is 23.1 Å². The van der Waals surface area contributed by atoms with Crippen molar-refractivity contribution in [3.8, 4) is 0 Å². The SMILES string of the molecule is O=C(C=Cc1ccccc1[N+](=O)[O-])CC(=O)OCCc1ccccc1. The molecule has 6 heteroatoms. The van der Waals surface area contributed by atoms with Crippen LogP contribution in [0.25, 0.3) is 6.08 Å². The zero-order valence-electron chi connectivity index (χ0n) is 13.5. The number of nitro benzene ring substituents is 1. The molecule has 0 aliphatic rings. The Hall–Kier alpha value is -3.28. The quantitative estimate of drug-likeness (QED) is 0.242. The maximum absolute atomic E-state index is 11.8. The molecule has 0 saturated carbocycles. The lowest BCUT2D eigenvalue weighted by atomic mass is 10.1. The van der Waals surface area contributed by atoms with Crippen LogP contribution < -0.4 is 0 Å². The molecule has 2 aromatic carbocycles. The summed E-state index contributed by atoms with van der Waals surface area (Å²) < 4.78 is 5.03. The van der Waals surface area contributed by atoms with Crippen LogP contribution in [0.15, 0.2) is 60.7 Å². The second kappa shape index (κ2) is 9.12. The standard InChI is InChI=1S/C19H17NO5/c21-17(11-10-16-8-4-5-9-18(16)20(23)24)14-19(22)25-13-12-15-6-2-1-3-7-15/h1-11H,12-14H2. The van der Waals surface area contributed by atoms with Crippen LogP contribution in [-0.4, -0.2) is 23.3 Å². The van der Waals surface area contributed by atoms with Gasteiger partial charge in [-0.15, -0.1) is 0 Å². The van der Waals surface area contributed by atoms with Gasteiger partial charge in [-0.25, -0.2) is 0 Å². The summed E-state index contributed by atoms with van der Waals surface area (Å²) in [6.07, 6.45) is 2.66. The van der Waals surface area contributed by atoms with Gasteiger partial charge in [-0.2, -0.15) is 0 Å². The fourth-order valence-corrected chi connectivity index (χ4v) is 2.16. The number of hydrogen-bond donors (Lipinski definition) is 0. The average Bonchev–Trinajstić information content (AvgIpc) is 2.61. The van der Waals surface area contributed by atoms with E-state index in [1.165, 1.54) is 18.2 Å². The van der Waals surface area contributed by atoms with Crippen molar-refractivity contribution >= 4 is 23.5 Å². The van der Waals surface area contributed by atoms with Crippen LogP contribution in [0.1, 0.15) is 17.5 Å². The van der Waals surface area contributed by atoms with Gasteiger partial charge in [0.2, 0.25) is 0 Å². The highest BCUT2D eigenvalue weighted by Gasteiger charge is 2.11. The second-order valence-corrected chi connectivity index (χ2v) is 5.25. The summed E-state index contributed by atoms with van der Waals surface area (Å²) in [6, 6.07) is 15.6. The molecule has 25 heavy (non-hydrogen) atoms. The molecule has 0 fully saturated rings. The third-order valence-corrected chi connectivity index (χ3v) is 3.40. The number of para-hydroxylation sites is 1. The Morgan fingerprint density at radius 2 is 1.72 bits per heavy atom. The summed E-state index contributed by atoms with van der Waals surface area (Å²) >= 11 is 0. The predicted molar refractivity (Wildman–Crippen MR) is 92.9 cm³/mol. The maximum Gasteiger partial charge on any atom is 0.313 e. The smallest absolute Gasteiger partial charge is 0.313 e. The van der Waals surface area contributed by atoms with E-state index in [1.807, 2.05) is 30.3 Å². The molecular formula is C19H17NO5. The molecule has 0 aliphatic heterocycles. The Morgan fingerprint density at radius 3 is 2.44 bits per heavy atom. The summed E-state index contributed by atoms with van der Waals surface area (Å²) in [5.74, 6) is -1.09. The lowest BCUT2D eigenvalue weighted by Crippen LogP contribution is -2.11. The first kappa shape index (κ1) is 18.1. The number of ketones is 1. The Morgan fingerprint density at radius 1 is 1.04 bits per heavy atom. The first-order chi connectivity index (χ1) is 12.1. The number of allylic oxidation sites excluding steroid dienone is 1. The maximum atomic E-state index is 11.8. The van der Waals surface area contributed by atoms with Crippen LogP contribution in [0.4, 0.5) is 5.69 Å². The molecule has 0 bridgehead atoms. The van der Waals surface area contributed by atoms with Gasteiger partial charge in [-0.1, -0.05) is 42.5 Å². The molecular weight excluding hydrogens is 322 g/mol. The van der Waals surface area contributed by atoms with Gasteiger partial charge in [0.25, 0.3) is 5.69 Å². The van der Waals surface area contributed by atoms with E-state index in [0.29, 0.717) is 12.0 Å². The van der Waals surface area contributed by atoms with Crippen LogP contribution in [0, 0.1) is 10.1 Å². The van der Waals surface area contributed by atoms with Crippen molar-refractivity contribution in [3.63, 3.8) is 0 Å². The van der Waals surface area contributed by atoms with E-state index in [-0.39, 0.29) is 12.3 Å². The first-order valence-electron chi connectivity index (χ1n) is 7.70. The van der Waals surface area contributed by atoms with Crippen molar-refractivity contribution < 1.29 is 19.2 Å². The van der Waals surface area contributed by atoms with Crippen molar-refractivity contribution in [1.82, 2.24) is 0 Å². The fourth-order valence-electron chi connectivity index (χ4n) is 2.16. The lowest BCUT2D eigenvalue weighted by molar-refractivity contribution is -0.385. The fraction of sp³-hybridized carbons (Fsp3) is 0.158. The summed E-state index contributed by atoms with van der Waals surface area (Å²) in [5.41, 5.74) is 1.24. The van der Waals surface area contributed by atoms with Gasteiger partial charge in [-0.05, 0) is 23.8 Å². The van der Waals surface area contributed by atoms with Crippen LogP contribution in [0.5, 0.6) is 0 Å². The first-order valence-corrected chi connectivity index (χ1v) is 7.70.